The molecule has 0 aliphatic rings. The molecule has 0 fully saturated rings. The van der Waals surface area contributed by atoms with Crippen LogP contribution < -0.4 is 5.32 Å². The van der Waals surface area contributed by atoms with Crippen LogP contribution in [0.25, 0.3) is 10.9 Å². The number of hydrogen-bond donors (Lipinski definition) is 2. The summed E-state index contributed by atoms with van der Waals surface area (Å²) in [5, 5.41) is 15.1. The highest BCUT2D eigenvalue weighted by Gasteiger charge is 2.11. The van der Waals surface area contributed by atoms with E-state index in [-0.39, 0.29) is 5.69 Å². The Bertz CT molecular complexity index is 777. The Kier molecular flexibility index (Phi) is 3.27. The number of benzene rings is 1. The molecule has 0 radical (unpaired) electrons. The Morgan fingerprint density at radius 2 is 2.14 bits per heavy atom. The first kappa shape index (κ1) is 13.1. The molecule has 0 amide bonds. The van der Waals surface area contributed by atoms with Gasteiger partial charge in [-0.15, -0.1) is 0 Å². The molecule has 2 heterocycles. The first-order valence-electron chi connectivity index (χ1n) is 6.55. The largest absolute Gasteiger partial charge is 0.364 e. The molecule has 3 rings (SSSR count). The van der Waals surface area contributed by atoms with E-state index >= 15 is 0 Å². The number of nitrogens with one attached hydrogen (secondary N) is 2. The van der Waals surface area contributed by atoms with Gasteiger partial charge in [-0.1, -0.05) is 18.2 Å². The number of nitrogens with zero attached hydrogens (tertiary/aromatic N) is 2. The van der Waals surface area contributed by atoms with Crippen LogP contribution in [0.5, 0.6) is 0 Å². The van der Waals surface area contributed by atoms with Gasteiger partial charge in [0.05, 0.1) is 11.5 Å². The van der Waals surface area contributed by atoms with Gasteiger partial charge in [-0.2, -0.15) is 0 Å². The average molecular weight is 282 g/mol. The van der Waals surface area contributed by atoms with Crippen molar-refractivity contribution in [2.45, 2.75) is 13.5 Å². The minimum absolute atomic E-state index is 0.0335. The molecule has 3 aromatic rings. The van der Waals surface area contributed by atoms with Crippen molar-refractivity contribution >= 4 is 22.4 Å². The number of H-pyrrole nitrogens is 1. The molecule has 0 aliphatic heterocycles. The number of anilines is 1. The molecular weight excluding hydrogens is 268 g/mol. The van der Waals surface area contributed by atoms with Gasteiger partial charge in [-0.3, -0.25) is 10.1 Å². The molecule has 0 spiro atoms. The molecule has 0 aliphatic carbocycles. The van der Waals surface area contributed by atoms with E-state index in [1.165, 1.54) is 6.20 Å². The molecule has 2 N–H and O–H groups in total. The van der Waals surface area contributed by atoms with Gasteiger partial charge in [0, 0.05) is 16.8 Å². The topological polar surface area (TPSA) is 83.8 Å². The SMILES string of the molecule is Cc1cc(NCc2cc3ccccc3[nH]2)ncc1[N+](=O)[O-]. The molecule has 21 heavy (non-hydrogen) atoms. The van der Waals surface area contributed by atoms with Crippen molar-refractivity contribution in [1.29, 1.82) is 0 Å². The fourth-order valence-corrected chi connectivity index (χ4v) is 2.25. The van der Waals surface area contributed by atoms with E-state index in [4.69, 9.17) is 0 Å². The summed E-state index contributed by atoms with van der Waals surface area (Å²) >= 11 is 0. The van der Waals surface area contributed by atoms with Crippen LogP contribution in [-0.2, 0) is 6.54 Å². The lowest BCUT2D eigenvalue weighted by atomic mass is 10.2. The normalized spacial score (nSPS) is 10.7. The molecular formula is C15H14N4O2. The molecule has 106 valence electrons. The Morgan fingerprint density at radius 3 is 2.86 bits per heavy atom. The van der Waals surface area contributed by atoms with Crippen LogP contribution in [-0.4, -0.2) is 14.9 Å². The maximum Gasteiger partial charge on any atom is 0.290 e. The summed E-state index contributed by atoms with van der Waals surface area (Å²) in [5.74, 6) is 0.622. The fraction of sp³-hybridized carbons (Fsp3) is 0.133. The molecule has 0 atom stereocenters. The third-order valence-electron chi connectivity index (χ3n) is 3.33. The lowest BCUT2D eigenvalue weighted by Gasteiger charge is -2.05. The second kappa shape index (κ2) is 5.24. The van der Waals surface area contributed by atoms with Crippen molar-refractivity contribution in [2.24, 2.45) is 0 Å². The van der Waals surface area contributed by atoms with Crippen LogP contribution in [0.1, 0.15) is 11.3 Å². The number of rotatable bonds is 4. The van der Waals surface area contributed by atoms with Crippen LogP contribution in [0.2, 0.25) is 0 Å². The first-order valence-corrected chi connectivity index (χ1v) is 6.55. The van der Waals surface area contributed by atoms with Gasteiger partial charge in [-0.05, 0) is 30.5 Å². The number of para-hydroxylation sites is 1. The van der Waals surface area contributed by atoms with Crippen molar-refractivity contribution in [3.8, 4) is 0 Å². The molecule has 1 aromatic carbocycles. The summed E-state index contributed by atoms with van der Waals surface area (Å²) in [6.45, 7) is 2.28. The predicted molar refractivity (Wildman–Crippen MR) is 81.3 cm³/mol. The number of aromatic amines is 1. The zero-order valence-electron chi connectivity index (χ0n) is 11.5. The van der Waals surface area contributed by atoms with E-state index in [0.717, 1.165) is 16.6 Å². The van der Waals surface area contributed by atoms with Crippen molar-refractivity contribution in [1.82, 2.24) is 9.97 Å². The summed E-state index contributed by atoms with van der Waals surface area (Å²) < 4.78 is 0. The highest BCUT2D eigenvalue weighted by molar-refractivity contribution is 5.80. The van der Waals surface area contributed by atoms with Crippen molar-refractivity contribution in [3.05, 3.63) is 64.0 Å². The van der Waals surface area contributed by atoms with Gasteiger partial charge in [-0.25, -0.2) is 4.98 Å². The van der Waals surface area contributed by atoms with E-state index in [2.05, 4.69) is 21.4 Å². The van der Waals surface area contributed by atoms with Gasteiger partial charge in [0.1, 0.15) is 12.0 Å². The Morgan fingerprint density at radius 1 is 1.33 bits per heavy atom. The summed E-state index contributed by atoms with van der Waals surface area (Å²) in [4.78, 5) is 17.7. The maximum atomic E-state index is 10.8. The lowest BCUT2D eigenvalue weighted by Crippen LogP contribution is -2.03. The second-order valence-electron chi connectivity index (χ2n) is 4.85. The summed E-state index contributed by atoms with van der Waals surface area (Å²) in [6, 6.07) is 11.8. The monoisotopic (exact) mass is 282 g/mol. The number of pyridine rings is 1. The van der Waals surface area contributed by atoms with Gasteiger partial charge in [0.2, 0.25) is 0 Å². The smallest absolute Gasteiger partial charge is 0.290 e. The first-order chi connectivity index (χ1) is 10.1. The average Bonchev–Trinajstić information content (AvgIpc) is 2.87. The van der Waals surface area contributed by atoms with E-state index in [0.29, 0.717) is 17.9 Å². The second-order valence-corrected chi connectivity index (χ2v) is 4.85. The highest BCUT2D eigenvalue weighted by atomic mass is 16.6. The van der Waals surface area contributed by atoms with Gasteiger partial charge in [0.25, 0.3) is 5.69 Å². The minimum atomic E-state index is -0.427. The molecule has 0 bridgehead atoms. The highest BCUT2D eigenvalue weighted by Crippen LogP contribution is 2.20. The number of fused-ring (bicyclic) bond motifs is 1. The molecule has 6 nitrogen and oxygen atoms in total. The minimum Gasteiger partial charge on any atom is -0.364 e. The standard InChI is InChI=1S/C15H14N4O2/c1-10-6-15(17-9-14(10)19(20)21)16-8-12-7-11-4-2-3-5-13(11)18-12/h2-7,9,18H,8H2,1H3,(H,16,17). The molecule has 2 aromatic heterocycles. The summed E-state index contributed by atoms with van der Waals surface area (Å²) in [7, 11) is 0. The predicted octanol–water partition coefficient (Wildman–Crippen LogP) is 3.39. The van der Waals surface area contributed by atoms with E-state index < -0.39 is 4.92 Å². The van der Waals surface area contributed by atoms with Gasteiger partial charge in [0.15, 0.2) is 0 Å². The summed E-state index contributed by atoms with van der Waals surface area (Å²) in [5.41, 5.74) is 2.75. The van der Waals surface area contributed by atoms with Crippen molar-refractivity contribution in [2.75, 3.05) is 5.32 Å². The van der Waals surface area contributed by atoms with Crippen LogP contribution in [0, 0.1) is 17.0 Å². The number of hydrogen-bond acceptors (Lipinski definition) is 4. The fourth-order valence-electron chi connectivity index (χ4n) is 2.25. The Balaban J connectivity index is 1.75. The van der Waals surface area contributed by atoms with Gasteiger partial charge < -0.3 is 10.3 Å². The molecule has 0 saturated heterocycles. The van der Waals surface area contributed by atoms with Crippen LogP contribution in [0.15, 0.2) is 42.6 Å². The van der Waals surface area contributed by atoms with Crippen LogP contribution in [0.3, 0.4) is 0 Å². The molecule has 6 heteroatoms. The number of aromatic nitrogens is 2. The third kappa shape index (κ3) is 2.69. The zero-order chi connectivity index (χ0) is 14.8. The van der Waals surface area contributed by atoms with E-state index in [9.17, 15) is 10.1 Å². The zero-order valence-corrected chi connectivity index (χ0v) is 11.5. The quantitative estimate of drug-likeness (QED) is 0.567. The third-order valence-corrected chi connectivity index (χ3v) is 3.33. The number of nitro groups is 1. The van der Waals surface area contributed by atoms with Crippen molar-refractivity contribution in [3.63, 3.8) is 0 Å². The van der Waals surface area contributed by atoms with E-state index in [1.54, 1.807) is 13.0 Å². The number of aryl methyl sites for hydroxylation is 1. The van der Waals surface area contributed by atoms with Crippen LogP contribution >= 0.6 is 0 Å². The lowest BCUT2D eigenvalue weighted by molar-refractivity contribution is -0.385. The Labute approximate surface area is 121 Å². The van der Waals surface area contributed by atoms with Gasteiger partial charge >= 0.3 is 0 Å². The molecule has 0 unspecified atom stereocenters. The van der Waals surface area contributed by atoms with Crippen molar-refractivity contribution < 1.29 is 4.92 Å². The van der Waals surface area contributed by atoms with E-state index in [1.807, 2.05) is 24.3 Å². The molecule has 0 saturated carbocycles. The van der Waals surface area contributed by atoms with Crippen LogP contribution in [0.4, 0.5) is 11.5 Å². The maximum absolute atomic E-state index is 10.8. The Hall–Kier alpha value is -2.89. The summed E-state index contributed by atoms with van der Waals surface area (Å²) in [6.07, 6.45) is 1.28.